The second kappa shape index (κ2) is 9.60. The first-order valence-corrected chi connectivity index (χ1v) is 10.7. The fraction of sp³-hybridized carbons (Fsp3) is 0.320. The predicted molar refractivity (Wildman–Crippen MR) is 117 cm³/mol. The molecule has 1 aliphatic rings. The summed E-state index contributed by atoms with van der Waals surface area (Å²) in [6, 6.07) is 18.6. The Labute approximate surface area is 190 Å². The molecule has 8 heteroatoms. The molecule has 0 spiro atoms. The maximum atomic E-state index is 13.3. The SMILES string of the molecule is COc1cc(CCC(=O)N2CCn3cccc3C2c2ccccc2)ccc1OCC(F)(F)F. The normalized spacial score (nSPS) is 15.8. The third kappa shape index (κ3) is 5.32. The van der Waals surface area contributed by atoms with Crippen LogP contribution in [0.4, 0.5) is 13.2 Å². The molecule has 0 saturated carbocycles. The Hall–Kier alpha value is -3.42. The van der Waals surface area contributed by atoms with E-state index in [0.717, 1.165) is 23.4 Å². The fourth-order valence-corrected chi connectivity index (χ4v) is 4.18. The highest BCUT2D eigenvalue weighted by atomic mass is 19.4. The van der Waals surface area contributed by atoms with E-state index in [2.05, 4.69) is 4.57 Å². The summed E-state index contributed by atoms with van der Waals surface area (Å²) in [7, 11) is 1.37. The lowest BCUT2D eigenvalue weighted by Gasteiger charge is -2.37. The van der Waals surface area contributed by atoms with E-state index in [0.29, 0.717) is 13.0 Å². The second-order valence-corrected chi connectivity index (χ2v) is 7.92. The summed E-state index contributed by atoms with van der Waals surface area (Å²) >= 11 is 0. The molecule has 5 nitrogen and oxygen atoms in total. The molecule has 0 fully saturated rings. The number of carbonyl (C=O) groups excluding carboxylic acids is 1. The Morgan fingerprint density at radius 2 is 1.82 bits per heavy atom. The standard InChI is InChI=1S/C25H25F3N2O3/c1-32-22-16-18(9-11-21(22)33-17-25(26,27)28)10-12-23(31)30-15-14-29-13-5-8-20(29)24(30)19-6-3-2-4-7-19/h2-9,11,13,16,24H,10,12,14-15,17H2,1H3. The molecule has 1 aliphatic heterocycles. The van der Waals surface area contributed by atoms with Crippen molar-refractivity contribution in [3.63, 3.8) is 0 Å². The van der Waals surface area contributed by atoms with Gasteiger partial charge in [-0.05, 0) is 41.8 Å². The van der Waals surface area contributed by atoms with E-state index in [1.165, 1.54) is 13.2 Å². The molecule has 0 bridgehead atoms. The quantitative estimate of drug-likeness (QED) is 0.500. The maximum Gasteiger partial charge on any atom is 0.422 e. The average molecular weight is 458 g/mol. The molecule has 2 heterocycles. The lowest BCUT2D eigenvalue weighted by molar-refractivity contribution is -0.153. The van der Waals surface area contributed by atoms with Gasteiger partial charge in [-0.3, -0.25) is 4.79 Å². The first-order valence-electron chi connectivity index (χ1n) is 10.7. The summed E-state index contributed by atoms with van der Waals surface area (Å²) in [5, 5.41) is 0. The largest absolute Gasteiger partial charge is 0.493 e. The van der Waals surface area contributed by atoms with Gasteiger partial charge in [0.2, 0.25) is 5.91 Å². The first-order chi connectivity index (χ1) is 15.9. The van der Waals surface area contributed by atoms with Crippen molar-refractivity contribution in [3.8, 4) is 11.5 Å². The van der Waals surface area contributed by atoms with E-state index in [1.54, 1.807) is 12.1 Å². The number of ether oxygens (including phenoxy) is 2. The van der Waals surface area contributed by atoms with Gasteiger partial charge in [0.25, 0.3) is 0 Å². The summed E-state index contributed by atoms with van der Waals surface area (Å²) in [4.78, 5) is 15.2. The Kier molecular flexibility index (Phi) is 6.62. The zero-order chi connectivity index (χ0) is 23.4. The molecule has 3 aromatic rings. The molecule has 1 atom stereocenters. The summed E-state index contributed by atoms with van der Waals surface area (Å²) in [6.07, 6.45) is -1.69. The van der Waals surface area contributed by atoms with Crippen LogP contribution >= 0.6 is 0 Å². The van der Waals surface area contributed by atoms with Crippen LogP contribution in [0, 0.1) is 0 Å². The number of fused-ring (bicyclic) bond motifs is 1. The zero-order valence-electron chi connectivity index (χ0n) is 18.2. The highest BCUT2D eigenvalue weighted by Gasteiger charge is 2.32. The second-order valence-electron chi connectivity index (χ2n) is 7.92. The van der Waals surface area contributed by atoms with E-state index in [9.17, 15) is 18.0 Å². The zero-order valence-corrected chi connectivity index (χ0v) is 18.2. The van der Waals surface area contributed by atoms with E-state index in [-0.39, 0.29) is 29.9 Å². The Morgan fingerprint density at radius 1 is 1.03 bits per heavy atom. The molecule has 2 aromatic carbocycles. The van der Waals surface area contributed by atoms with Crippen molar-refractivity contribution in [2.45, 2.75) is 31.6 Å². The Morgan fingerprint density at radius 3 is 2.55 bits per heavy atom. The molecule has 33 heavy (non-hydrogen) atoms. The van der Waals surface area contributed by atoms with Crippen LogP contribution in [0.5, 0.6) is 11.5 Å². The summed E-state index contributed by atoms with van der Waals surface area (Å²) in [5.74, 6) is 0.251. The van der Waals surface area contributed by atoms with Crippen LogP contribution < -0.4 is 9.47 Å². The highest BCUT2D eigenvalue weighted by molar-refractivity contribution is 5.77. The van der Waals surface area contributed by atoms with E-state index in [4.69, 9.17) is 9.47 Å². The molecule has 4 rings (SSSR count). The van der Waals surface area contributed by atoms with Crippen LogP contribution in [0.15, 0.2) is 66.9 Å². The van der Waals surface area contributed by atoms with Gasteiger partial charge in [-0.25, -0.2) is 0 Å². The van der Waals surface area contributed by atoms with Gasteiger partial charge in [0, 0.05) is 31.4 Å². The molecular formula is C25H25F3N2O3. The van der Waals surface area contributed by atoms with Crippen LogP contribution in [-0.2, 0) is 17.8 Å². The number of alkyl halides is 3. The number of aromatic nitrogens is 1. The number of nitrogens with zero attached hydrogens (tertiary/aromatic N) is 2. The maximum absolute atomic E-state index is 13.3. The van der Waals surface area contributed by atoms with Crippen molar-refractivity contribution < 1.29 is 27.4 Å². The molecule has 174 valence electrons. The molecule has 0 saturated heterocycles. The first kappa shape index (κ1) is 22.8. The van der Waals surface area contributed by atoms with Crippen molar-refractivity contribution in [1.29, 1.82) is 0 Å². The lowest BCUT2D eigenvalue weighted by atomic mass is 9.99. The van der Waals surface area contributed by atoms with Gasteiger partial charge >= 0.3 is 6.18 Å². The van der Waals surface area contributed by atoms with E-state index < -0.39 is 12.8 Å². The van der Waals surface area contributed by atoms with Crippen LogP contribution in [0.2, 0.25) is 0 Å². The van der Waals surface area contributed by atoms with Gasteiger partial charge in [-0.1, -0.05) is 36.4 Å². The third-order valence-corrected chi connectivity index (χ3v) is 5.72. The van der Waals surface area contributed by atoms with Gasteiger partial charge < -0.3 is 18.9 Å². The molecule has 1 amide bonds. The lowest BCUT2D eigenvalue weighted by Crippen LogP contribution is -2.42. The minimum absolute atomic E-state index is 0.0193. The highest BCUT2D eigenvalue weighted by Crippen LogP contribution is 2.34. The van der Waals surface area contributed by atoms with Crippen molar-refractivity contribution in [1.82, 2.24) is 9.47 Å². The summed E-state index contributed by atoms with van der Waals surface area (Å²) in [6.45, 7) is -0.0527. The minimum Gasteiger partial charge on any atom is -0.493 e. The number of amides is 1. The predicted octanol–water partition coefficient (Wildman–Crippen LogP) is 5.00. The number of methoxy groups -OCH3 is 1. The van der Waals surface area contributed by atoms with Crippen molar-refractivity contribution in [2.75, 3.05) is 20.3 Å². The molecule has 1 aromatic heterocycles. The summed E-state index contributed by atoms with van der Waals surface area (Å²) in [5.41, 5.74) is 2.92. The average Bonchev–Trinajstić information content (AvgIpc) is 3.29. The van der Waals surface area contributed by atoms with Gasteiger partial charge in [-0.15, -0.1) is 0 Å². The van der Waals surface area contributed by atoms with Gasteiger partial charge in [-0.2, -0.15) is 13.2 Å². The number of hydrogen-bond acceptors (Lipinski definition) is 3. The van der Waals surface area contributed by atoms with E-state index in [1.807, 2.05) is 53.6 Å². The number of halogens is 3. The third-order valence-electron chi connectivity index (χ3n) is 5.72. The fourth-order valence-electron chi connectivity index (χ4n) is 4.18. The topological polar surface area (TPSA) is 43.7 Å². The monoisotopic (exact) mass is 458 g/mol. The van der Waals surface area contributed by atoms with Gasteiger partial charge in [0.15, 0.2) is 18.1 Å². The Bertz CT molecular complexity index is 1100. The molecule has 0 radical (unpaired) electrons. The van der Waals surface area contributed by atoms with E-state index >= 15 is 0 Å². The number of rotatable bonds is 7. The number of hydrogen-bond donors (Lipinski definition) is 0. The molecule has 0 N–H and O–H groups in total. The van der Waals surface area contributed by atoms with Crippen LogP contribution in [0.25, 0.3) is 0 Å². The number of benzene rings is 2. The van der Waals surface area contributed by atoms with Gasteiger partial charge in [0.05, 0.1) is 13.2 Å². The minimum atomic E-state index is -4.43. The van der Waals surface area contributed by atoms with Crippen LogP contribution in [0.1, 0.15) is 29.3 Å². The smallest absolute Gasteiger partial charge is 0.422 e. The van der Waals surface area contributed by atoms with Crippen LogP contribution in [0.3, 0.4) is 0 Å². The molecule has 0 aliphatic carbocycles. The molecular weight excluding hydrogens is 433 g/mol. The summed E-state index contributed by atoms with van der Waals surface area (Å²) < 4.78 is 49.6. The van der Waals surface area contributed by atoms with Crippen molar-refractivity contribution in [3.05, 3.63) is 83.7 Å². The van der Waals surface area contributed by atoms with Crippen molar-refractivity contribution >= 4 is 5.91 Å². The number of aryl methyl sites for hydroxylation is 1. The van der Waals surface area contributed by atoms with Crippen LogP contribution in [-0.4, -0.2) is 41.8 Å². The van der Waals surface area contributed by atoms with Crippen molar-refractivity contribution in [2.24, 2.45) is 0 Å². The van der Waals surface area contributed by atoms with Gasteiger partial charge in [0.1, 0.15) is 0 Å². The molecule has 1 unspecified atom stereocenters. The number of carbonyl (C=O) groups is 1. The Balaban J connectivity index is 1.47.